The van der Waals surface area contributed by atoms with Crippen molar-refractivity contribution >= 4 is 17.8 Å². The van der Waals surface area contributed by atoms with Crippen molar-refractivity contribution in [3.63, 3.8) is 0 Å². The number of ether oxygens (including phenoxy) is 4. The molecule has 4 rings (SSSR count). The molecule has 0 saturated heterocycles. The van der Waals surface area contributed by atoms with Crippen LogP contribution in [0.5, 0.6) is 17.2 Å². The van der Waals surface area contributed by atoms with E-state index in [0.717, 1.165) is 47.7 Å². The molecule has 10 heteroatoms. The van der Waals surface area contributed by atoms with Crippen molar-refractivity contribution in [2.75, 3.05) is 19.8 Å². The van der Waals surface area contributed by atoms with Gasteiger partial charge in [-0.25, -0.2) is 9.59 Å². The van der Waals surface area contributed by atoms with Crippen LogP contribution in [0.4, 0.5) is 0 Å². The molecule has 55 heavy (non-hydrogen) atoms. The number of amidine groups is 1. The monoisotopic (exact) mass is 757 g/mol. The molecule has 0 N–H and O–H groups in total. The first-order chi connectivity index (χ1) is 26.5. The van der Waals surface area contributed by atoms with E-state index < -0.39 is 23.0 Å². The van der Waals surface area contributed by atoms with Crippen LogP contribution in [-0.2, 0) is 9.94 Å². The molecule has 3 aromatic carbocycles. The number of rotatable bonds is 24. The Kier molecular flexibility index (Phi) is 16.9. The molecule has 0 atom stereocenters. The van der Waals surface area contributed by atoms with Crippen molar-refractivity contribution in [1.82, 2.24) is 5.06 Å². The lowest BCUT2D eigenvalue weighted by atomic mass is 9.84. The summed E-state index contributed by atoms with van der Waals surface area (Å²) in [6, 6.07) is 20.3. The van der Waals surface area contributed by atoms with Crippen LogP contribution in [0.2, 0.25) is 0 Å². The van der Waals surface area contributed by atoms with E-state index in [2.05, 4.69) is 6.92 Å². The van der Waals surface area contributed by atoms with Gasteiger partial charge in [0.25, 0.3) is 0 Å². The maximum Gasteiger partial charge on any atom is 0.343 e. The molecule has 0 bridgehead atoms. The lowest BCUT2D eigenvalue weighted by Crippen LogP contribution is -2.53. The molecular weight excluding hydrogens is 697 g/mol. The van der Waals surface area contributed by atoms with Crippen molar-refractivity contribution in [2.24, 2.45) is 0 Å². The molecule has 299 valence electrons. The van der Waals surface area contributed by atoms with Gasteiger partial charge in [-0.05, 0) is 133 Å². The quantitative estimate of drug-likeness (QED) is 0.0291. The molecule has 0 aromatic heterocycles. The highest BCUT2D eigenvalue weighted by Gasteiger charge is 2.59. The molecule has 0 unspecified atom stereocenters. The van der Waals surface area contributed by atoms with Gasteiger partial charge in [-0.1, -0.05) is 69.8 Å². The highest BCUT2D eigenvalue weighted by molar-refractivity contribution is 5.96. The molecule has 0 aliphatic carbocycles. The SMILES string of the molecule is CCCCCCCCCCCCOc1ccc(C(=O)Oc2ccc(C(=O)OCCCCCCOc3ccc(C4=[N+]([O-])C(C)(C)C(C)(C)N4[O])cc3)cc2)cc1. The number of hydrogen-bond acceptors (Lipinski definition) is 8. The Morgan fingerprint density at radius 2 is 1.00 bits per heavy atom. The third-order valence-corrected chi connectivity index (χ3v) is 10.7. The summed E-state index contributed by atoms with van der Waals surface area (Å²) in [5, 5.41) is 26.6. The summed E-state index contributed by atoms with van der Waals surface area (Å²) < 4.78 is 23.4. The van der Waals surface area contributed by atoms with Crippen molar-refractivity contribution in [3.05, 3.63) is 94.7 Å². The Balaban J connectivity index is 1.04. The first kappa shape index (κ1) is 43.2. The van der Waals surface area contributed by atoms with Gasteiger partial charge in [-0.3, -0.25) is 4.74 Å². The van der Waals surface area contributed by atoms with Crippen molar-refractivity contribution < 1.29 is 38.5 Å². The molecule has 0 fully saturated rings. The second-order valence-electron chi connectivity index (χ2n) is 15.4. The minimum Gasteiger partial charge on any atom is -0.714 e. The van der Waals surface area contributed by atoms with Gasteiger partial charge >= 0.3 is 17.8 Å². The minimum atomic E-state index is -0.863. The molecule has 1 aliphatic heterocycles. The molecule has 0 saturated carbocycles. The number of benzene rings is 3. The predicted octanol–water partition coefficient (Wildman–Crippen LogP) is 10.5. The summed E-state index contributed by atoms with van der Waals surface area (Å²) >= 11 is 0. The van der Waals surface area contributed by atoms with E-state index in [1.54, 1.807) is 100 Å². The van der Waals surface area contributed by atoms with Crippen molar-refractivity contribution in [1.29, 1.82) is 0 Å². The normalized spacial score (nSPS) is 14.5. The highest BCUT2D eigenvalue weighted by atomic mass is 16.5. The molecule has 10 nitrogen and oxygen atoms in total. The summed E-state index contributed by atoms with van der Waals surface area (Å²) in [6.07, 6.45) is 16.1. The molecular formula is C45H61N2O8. The summed E-state index contributed by atoms with van der Waals surface area (Å²) in [5.74, 6) is 0.929. The number of carbonyl (C=O) groups excluding carboxylic acids is 2. The Bertz CT molecular complexity index is 1650. The minimum absolute atomic E-state index is 0.109. The zero-order chi connectivity index (χ0) is 39.7. The maximum atomic E-state index is 12.9. The Hall–Kier alpha value is -4.57. The number of esters is 2. The lowest BCUT2D eigenvalue weighted by Gasteiger charge is -2.32. The van der Waals surface area contributed by atoms with E-state index in [1.807, 2.05) is 0 Å². The first-order valence-corrected chi connectivity index (χ1v) is 20.2. The zero-order valence-corrected chi connectivity index (χ0v) is 33.6. The molecule has 1 aliphatic rings. The zero-order valence-electron chi connectivity index (χ0n) is 33.6. The van der Waals surface area contributed by atoms with Crippen LogP contribution in [-0.4, -0.2) is 58.5 Å². The van der Waals surface area contributed by atoms with Crippen LogP contribution >= 0.6 is 0 Å². The van der Waals surface area contributed by atoms with Crippen LogP contribution in [0.15, 0.2) is 72.8 Å². The van der Waals surface area contributed by atoms with Crippen LogP contribution in [0, 0.1) is 5.21 Å². The first-order valence-electron chi connectivity index (χ1n) is 20.2. The van der Waals surface area contributed by atoms with Gasteiger partial charge in [0.15, 0.2) is 5.54 Å². The fraction of sp³-hybridized carbons (Fsp3) is 0.533. The van der Waals surface area contributed by atoms with E-state index >= 15 is 0 Å². The highest BCUT2D eigenvalue weighted by Crippen LogP contribution is 2.37. The van der Waals surface area contributed by atoms with Crippen LogP contribution in [0.3, 0.4) is 0 Å². The third kappa shape index (κ3) is 12.5. The van der Waals surface area contributed by atoms with E-state index in [9.17, 15) is 20.0 Å². The van der Waals surface area contributed by atoms with Gasteiger partial charge in [-0.15, -0.1) is 0 Å². The third-order valence-electron chi connectivity index (χ3n) is 10.7. The van der Waals surface area contributed by atoms with E-state index in [1.165, 1.54) is 57.8 Å². The maximum absolute atomic E-state index is 12.9. The average molecular weight is 758 g/mol. The second kappa shape index (κ2) is 21.5. The molecule has 1 radical (unpaired) electrons. The van der Waals surface area contributed by atoms with Crippen LogP contribution in [0.1, 0.15) is 151 Å². The molecule has 3 aromatic rings. The van der Waals surface area contributed by atoms with Gasteiger partial charge in [-0.2, -0.15) is 0 Å². The Morgan fingerprint density at radius 1 is 0.582 bits per heavy atom. The summed E-state index contributed by atoms with van der Waals surface area (Å²) in [6.45, 7) is 10.8. The standard InChI is InChI=1S/C45H61N2O8/c1-6-7-8-9-10-11-12-13-14-17-32-53-39-28-22-37(23-29-39)43(49)55-40-30-24-36(25-31-40)42(48)54-34-19-16-15-18-33-52-38-26-20-35(21-27-38)41-46(50)44(2,3)45(4,5)47(41)51/h20-31H,6-19,32-34H2,1-5H3. The summed E-state index contributed by atoms with van der Waals surface area (Å²) in [4.78, 5) is 25.2. The number of carbonyl (C=O) groups is 2. The predicted molar refractivity (Wildman–Crippen MR) is 214 cm³/mol. The number of hydroxylamine groups is 3. The lowest BCUT2D eigenvalue weighted by molar-refractivity contribution is -0.539. The van der Waals surface area contributed by atoms with Gasteiger partial charge in [0.2, 0.25) is 0 Å². The van der Waals surface area contributed by atoms with Gasteiger partial charge in [0.05, 0.1) is 36.5 Å². The number of nitrogens with zero attached hydrogens (tertiary/aromatic N) is 2. The largest absolute Gasteiger partial charge is 0.714 e. The van der Waals surface area contributed by atoms with Crippen LogP contribution < -0.4 is 14.2 Å². The Labute approximate surface area is 328 Å². The number of unbranched alkanes of at least 4 members (excludes halogenated alkanes) is 12. The van der Waals surface area contributed by atoms with Gasteiger partial charge in [0.1, 0.15) is 22.8 Å². The average Bonchev–Trinajstić information content (AvgIpc) is 3.30. The topological polar surface area (TPSA) is 120 Å². The molecule has 0 amide bonds. The summed E-state index contributed by atoms with van der Waals surface area (Å²) in [5.41, 5.74) is -0.371. The van der Waals surface area contributed by atoms with E-state index in [4.69, 9.17) is 18.9 Å². The van der Waals surface area contributed by atoms with Crippen LogP contribution in [0.25, 0.3) is 0 Å². The Morgan fingerprint density at radius 3 is 1.47 bits per heavy atom. The number of hydrogen-bond donors (Lipinski definition) is 0. The van der Waals surface area contributed by atoms with E-state index in [-0.39, 0.29) is 5.84 Å². The van der Waals surface area contributed by atoms with E-state index in [0.29, 0.717) is 48.0 Å². The van der Waals surface area contributed by atoms with Gasteiger partial charge < -0.3 is 24.2 Å². The summed E-state index contributed by atoms with van der Waals surface area (Å²) in [7, 11) is 0. The second-order valence-corrected chi connectivity index (χ2v) is 15.4. The fourth-order valence-electron chi connectivity index (χ4n) is 6.33. The smallest absolute Gasteiger partial charge is 0.343 e. The van der Waals surface area contributed by atoms with Crippen molar-refractivity contribution in [2.45, 2.75) is 136 Å². The van der Waals surface area contributed by atoms with Gasteiger partial charge in [0, 0.05) is 5.21 Å². The fourth-order valence-corrected chi connectivity index (χ4v) is 6.33. The van der Waals surface area contributed by atoms with Crippen molar-refractivity contribution in [3.8, 4) is 17.2 Å². The molecule has 0 spiro atoms. The molecule has 1 heterocycles.